The number of nitrogens with zero attached hydrogens (tertiary/aromatic N) is 2. The molecule has 1 aliphatic heterocycles. The first-order valence-corrected chi connectivity index (χ1v) is 14.2. The number of carbonyl (C=O) groups is 4. The van der Waals surface area contributed by atoms with E-state index in [1.807, 2.05) is 12.1 Å². The van der Waals surface area contributed by atoms with Crippen molar-refractivity contribution in [3.05, 3.63) is 94.5 Å². The maximum atomic E-state index is 13.7. The molecule has 1 unspecified atom stereocenters. The zero-order valence-electron chi connectivity index (χ0n) is 23.2. The average molecular weight is 608 g/mol. The molecule has 9 nitrogen and oxygen atoms in total. The number of benzene rings is 3. The van der Waals surface area contributed by atoms with Crippen LogP contribution >= 0.6 is 23.8 Å². The van der Waals surface area contributed by atoms with Gasteiger partial charge in [-0.1, -0.05) is 23.7 Å². The SMILES string of the molecule is CCOC(=O)c1ccc(NC(=O)CC2C(=O)N(c3ccc(C(=O)OCC)cc3)C(=S)N2CCc2ccc(Cl)cc2)cc1. The normalized spacial score (nSPS) is 14.6. The van der Waals surface area contributed by atoms with Crippen molar-refractivity contribution in [1.29, 1.82) is 0 Å². The summed E-state index contributed by atoms with van der Waals surface area (Å²) in [5.41, 5.74) is 2.66. The summed E-state index contributed by atoms with van der Waals surface area (Å²) in [4.78, 5) is 54.0. The Morgan fingerprint density at radius 2 is 1.40 bits per heavy atom. The van der Waals surface area contributed by atoms with E-state index in [1.54, 1.807) is 79.4 Å². The minimum Gasteiger partial charge on any atom is -0.462 e. The number of hydrogen-bond acceptors (Lipinski definition) is 7. The van der Waals surface area contributed by atoms with E-state index in [1.165, 1.54) is 4.90 Å². The lowest BCUT2D eigenvalue weighted by Crippen LogP contribution is -2.39. The Balaban J connectivity index is 1.52. The number of hydrogen-bond donors (Lipinski definition) is 1. The Labute approximate surface area is 254 Å². The lowest BCUT2D eigenvalue weighted by atomic mass is 10.1. The summed E-state index contributed by atoms with van der Waals surface area (Å²) in [7, 11) is 0. The van der Waals surface area contributed by atoms with Crippen molar-refractivity contribution < 1.29 is 28.7 Å². The first-order chi connectivity index (χ1) is 20.2. The predicted molar refractivity (Wildman–Crippen MR) is 164 cm³/mol. The molecule has 1 N–H and O–H groups in total. The molecule has 1 aliphatic rings. The van der Waals surface area contributed by atoms with Crippen LogP contribution in [0.4, 0.5) is 11.4 Å². The monoisotopic (exact) mass is 607 g/mol. The predicted octanol–water partition coefficient (Wildman–Crippen LogP) is 5.27. The van der Waals surface area contributed by atoms with Gasteiger partial charge in [-0.25, -0.2) is 9.59 Å². The Bertz CT molecular complexity index is 1460. The van der Waals surface area contributed by atoms with Crippen LogP contribution < -0.4 is 10.2 Å². The summed E-state index contributed by atoms with van der Waals surface area (Å²) in [6.07, 6.45) is 0.407. The van der Waals surface area contributed by atoms with Gasteiger partial charge in [0.2, 0.25) is 5.91 Å². The molecule has 4 rings (SSSR count). The third-order valence-electron chi connectivity index (χ3n) is 6.57. The summed E-state index contributed by atoms with van der Waals surface area (Å²) >= 11 is 11.8. The number of ether oxygens (including phenoxy) is 2. The van der Waals surface area contributed by atoms with E-state index in [9.17, 15) is 19.2 Å². The zero-order valence-corrected chi connectivity index (χ0v) is 24.7. The number of esters is 2. The Morgan fingerprint density at radius 3 is 1.95 bits per heavy atom. The molecule has 3 aromatic rings. The molecule has 218 valence electrons. The highest BCUT2D eigenvalue weighted by molar-refractivity contribution is 7.80. The van der Waals surface area contributed by atoms with Crippen LogP contribution in [-0.4, -0.2) is 59.6 Å². The topological polar surface area (TPSA) is 105 Å². The maximum Gasteiger partial charge on any atom is 0.338 e. The van der Waals surface area contributed by atoms with Crippen molar-refractivity contribution in [2.24, 2.45) is 0 Å². The molecule has 1 atom stereocenters. The minimum absolute atomic E-state index is 0.156. The van der Waals surface area contributed by atoms with Gasteiger partial charge in [-0.3, -0.25) is 14.5 Å². The molecule has 0 saturated carbocycles. The van der Waals surface area contributed by atoms with Gasteiger partial charge in [-0.2, -0.15) is 0 Å². The summed E-state index contributed by atoms with van der Waals surface area (Å²) in [5, 5.41) is 3.67. The Hall–Kier alpha value is -4.28. The molecule has 1 heterocycles. The molecule has 0 bridgehead atoms. The van der Waals surface area contributed by atoms with Gasteiger partial charge in [-0.15, -0.1) is 0 Å². The van der Waals surface area contributed by atoms with E-state index in [-0.39, 0.29) is 30.7 Å². The van der Waals surface area contributed by atoms with Crippen molar-refractivity contribution >= 4 is 64.1 Å². The molecule has 3 aromatic carbocycles. The van der Waals surface area contributed by atoms with Crippen LogP contribution in [-0.2, 0) is 25.5 Å². The van der Waals surface area contributed by atoms with Crippen molar-refractivity contribution in [2.45, 2.75) is 32.7 Å². The molecule has 42 heavy (non-hydrogen) atoms. The Kier molecular flexibility index (Phi) is 10.3. The highest BCUT2D eigenvalue weighted by Crippen LogP contribution is 2.28. The number of thiocarbonyl (C=S) groups is 1. The van der Waals surface area contributed by atoms with E-state index in [0.29, 0.717) is 40.5 Å². The molecule has 2 amide bonds. The summed E-state index contributed by atoms with van der Waals surface area (Å²) < 4.78 is 10.0. The van der Waals surface area contributed by atoms with Gasteiger partial charge in [0.25, 0.3) is 5.91 Å². The number of carbonyl (C=O) groups excluding carboxylic acids is 4. The van der Waals surface area contributed by atoms with Crippen molar-refractivity contribution in [1.82, 2.24) is 4.90 Å². The smallest absolute Gasteiger partial charge is 0.338 e. The second-order valence-corrected chi connectivity index (χ2v) is 10.2. The van der Waals surface area contributed by atoms with Crippen LogP contribution in [0.15, 0.2) is 72.8 Å². The number of amides is 2. The van der Waals surface area contributed by atoms with Crippen molar-refractivity contribution in [3.63, 3.8) is 0 Å². The van der Waals surface area contributed by atoms with E-state index in [2.05, 4.69) is 5.32 Å². The molecule has 0 radical (unpaired) electrons. The largest absolute Gasteiger partial charge is 0.462 e. The molecule has 11 heteroatoms. The molecule has 0 aromatic heterocycles. The van der Waals surface area contributed by atoms with E-state index >= 15 is 0 Å². The number of rotatable bonds is 11. The van der Waals surface area contributed by atoms with Crippen molar-refractivity contribution in [2.75, 3.05) is 30.0 Å². The molecule has 0 aliphatic carbocycles. The van der Waals surface area contributed by atoms with Crippen LogP contribution in [0.5, 0.6) is 0 Å². The number of halogens is 1. The molecular formula is C31H30ClN3O6S. The second kappa shape index (κ2) is 14.1. The van der Waals surface area contributed by atoms with Gasteiger partial charge in [0.1, 0.15) is 6.04 Å². The Morgan fingerprint density at radius 1 is 0.857 bits per heavy atom. The third kappa shape index (κ3) is 7.32. The molecular weight excluding hydrogens is 578 g/mol. The highest BCUT2D eigenvalue weighted by Gasteiger charge is 2.44. The second-order valence-electron chi connectivity index (χ2n) is 9.36. The number of anilines is 2. The standard InChI is InChI=1S/C31H30ClN3O6S/c1-3-40-29(38)21-7-13-24(14-8-21)33-27(36)19-26-28(37)35(25-15-9-22(10-16-25)30(39)41-4-2)31(42)34(26)18-17-20-5-11-23(32)12-6-20/h5-16,26H,3-4,17-19H2,1-2H3,(H,33,36). The summed E-state index contributed by atoms with van der Waals surface area (Å²) in [6.45, 7) is 4.34. The summed E-state index contributed by atoms with van der Waals surface area (Å²) in [6, 6.07) is 19.2. The fraction of sp³-hybridized carbons (Fsp3) is 0.258. The van der Waals surface area contributed by atoms with E-state index in [4.69, 9.17) is 33.3 Å². The van der Waals surface area contributed by atoms with Crippen LogP contribution in [0.1, 0.15) is 46.5 Å². The quantitative estimate of drug-likeness (QED) is 0.232. The molecule has 0 spiro atoms. The minimum atomic E-state index is -0.853. The van der Waals surface area contributed by atoms with Gasteiger partial charge < -0.3 is 19.7 Å². The lowest BCUT2D eigenvalue weighted by molar-refractivity contribution is -0.124. The average Bonchev–Trinajstić information content (AvgIpc) is 3.21. The van der Waals surface area contributed by atoms with Crippen LogP contribution in [0, 0.1) is 0 Å². The first-order valence-electron chi connectivity index (χ1n) is 13.4. The van der Waals surface area contributed by atoms with Crippen LogP contribution in [0.3, 0.4) is 0 Å². The van der Waals surface area contributed by atoms with Gasteiger partial charge in [0.15, 0.2) is 5.11 Å². The highest BCUT2D eigenvalue weighted by atomic mass is 35.5. The summed E-state index contributed by atoms with van der Waals surface area (Å²) in [5.74, 6) is -1.66. The van der Waals surface area contributed by atoms with Gasteiger partial charge in [-0.05, 0) is 98.7 Å². The van der Waals surface area contributed by atoms with Gasteiger partial charge >= 0.3 is 11.9 Å². The van der Waals surface area contributed by atoms with Gasteiger partial charge in [0, 0.05) is 17.3 Å². The molecule has 1 saturated heterocycles. The maximum absolute atomic E-state index is 13.7. The van der Waals surface area contributed by atoms with Crippen molar-refractivity contribution in [3.8, 4) is 0 Å². The fourth-order valence-corrected chi connectivity index (χ4v) is 5.02. The van der Waals surface area contributed by atoms with Crippen LogP contribution in [0.2, 0.25) is 5.02 Å². The van der Waals surface area contributed by atoms with E-state index < -0.39 is 23.9 Å². The third-order valence-corrected chi connectivity index (χ3v) is 7.24. The number of nitrogens with one attached hydrogen (secondary N) is 1. The van der Waals surface area contributed by atoms with Gasteiger partial charge in [0.05, 0.1) is 36.4 Å². The molecule has 1 fully saturated rings. The lowest BCUT2D eigenvalue weighted by Gasteiger charge is -2.24. The fourth-order valence-electron chi connectivity index (χ4n) is 4.48. The first kappa shape index (κ1) is 30.7. The zero-order chi connectivity index (χ0) is 30.2. The van der Waals surface area contributed by atoms with E-state index in [0.717, 1.165) is 5.56 Å². The van der Waals surface area contributed by atoms with Crippen LogP contribution in [0.25, 0.3) is 0 Å².